The van der Waals surface area contributed by atoms with Crippen molar-refractivity contribution in [3.8, 4) is 22.4 Å². The van der Waals surface area contributed by atoms with Crippen LogP contribution in [0.3, 0.4) is 0 Å². The Balaban J connectivity index is 1.75. The van der Waals surface area contributed by atoms with Gasteiger partial charge < -0.3 is 15.2 Å². The van der Waals surface area contributed by atoms with Crippen molar-refractivity contribution in [2.75, 3.05) is 0 Å². The van der Waals surface area contributed by atoms with E-state index in [0.29, 0.717) is 28.0 Å². The number of aliphatic hydroxyl groups is 1. The van der Waals surface area contributed by atoms with E-state index in [0.717, 1.165) is 0 Å². The summed E-state index contributed by atoms with van der Waals surface area (Å²) >= 11 is 0. The number of rotatable bonds is 5. The second-order valence-electron chi connectivity index (χ2n) is 8.85. The summed E-state index contributed by atoms with van der Waals surface area (Å²) < 4.78 is 45.4. The topological polar surface area (TPSA) is 110 Å². The molecular weight excluding hydrogens is 443 g/mol. The van der Waals surface area contributed by atoms with Gasteiger partial charge in [-0.1, -0.05) is 24.3 Å². The number of halogens is 1. The first kappa shape index (κ1) is 23.1. The van der Waals surface area contributed by atoms with Crippen LogP contribution in [0.2, 0.25) is 0 Å². The van der Waals surface area contributed by atoms with E-state index in [2.05, 4.69) is 9.71 Å². The van der Waals surface area contributed by atoms with Crippen LogP contribution >= 0.6 is 0 Å². The highest BCUT2D eigenvalue weighted by Crippen LogP contribution is 2.32. The minimum Gasteiger partial charge on any atom is -0.374 e. The Hall–Kier alpha value is -3.11. The van der Waals surface area contributed by atoms with E-state index >= 15 is 4.39 Å². The highest BCUT2D eigenvalue weighted by atomic mass is 32.2. The molecule has 9 heteroatoms. The maximum atomic E-state index is 15.2. The Bertz CT molecular complexity index is 1440. The second kappa shape index (κ2) is 8.35. The minimum atomic E-state index is -3.82. The number of benzene rings is 2. The number of aliphatic hydroxyl groups excluding tert-OH is 1. The first-order valence-electron chi connectivity index (χ1n) is 10.3. The van der Waals surface area contributed by atoms with Crippen LogP contribution in [0.4, 0.5) is 4.39 Å². The molecule has 0 radical (unpaired) electrons. The SMILES string of the molecule is CC(C)(C)NS(=O)(=O)c1ccccc1-c1ccc(-c2cn3cc(C(N)O)ccc3n2)c(F)c1. The number of hydrogen-bond donors (Lipinski definition) is 3. The van der Waals surface area contributed by atoms with Gasteiger partial charge in [0, 0.05) is 34.6 Å². The molecule has 4 aromatic rings. The van der Waals surface area contributed by atoms with Gasteiger partial charge in [-0.25, -0.2) is 22.5 Å². The quantitative estimate of drug-likeness (QED) is 0.386. The molecule has 1 unspecified atom stereocenters. The molecule has 0 saturated heterocycles. The molecule has 2 aromatic carbocycles. The summed E-state index contributed by atoms with van der Waals surface area (Å²) in [6.07, 6.45) is 2.15. The molecule has 0 spiro atoms. The molecule has 7 nitrogen and oxygen atoms in total. The van der Waals surface area contributed by atoms with Crippen LogP contribution in [-0.2, 0) is 10.0 Å². The average molecular weight is 469 g/mol. The maximum Gasteiger partial charge on any atom is 0.241 e. The van der Waals surface area contributed by atoms with Crippen molar-refractivity contribution in [2.24, 2.45) is 5.73 Å². The zero-order valence-electron chi connectivity index (χ0n) is 18.4. The van der Waals surface area contributed by atoms with Crippen molar-refractivity contribution in [3.63, 3.8) is 0 Å². The zero-order chi connectivity index (χ0) is 24.0. The van der Waals surface area contributed by atoms with Crippen molar-refractivity contribution < 1.29 is 17.9 Å². The molecule has 2 aromatic heterocycles. The molecule has 33 heavy (non-hydrogen) atoms. The van der Waals surface area contributed by atoms with Crippen molar-refractivity contribution in [3.05, 3.63) is 78.4 Å². The summed E-state index contributed by atoms with van der Waals surface area (Å²) in [6.45, 7) is 5.27. The van der Waals surface area contributed by atoms with E-state index in [1.165, 1.54) is 12.1 Å². The van der Waals surface area contributed by atoms with Gasteiger partial charge in [-0.15, -0.1) is 0 Å². The number of imidazole rings is 1. The highest BCUT2D eigenvalue weighted by Gasteiger charge is 2.25. The van der Waals surface area contributed by atoms with Crippen LogP contribution in [0.15, 0.2) is 71.9 Å². The molecule has 4 N–H and O–H groups in total. The van der Waals surface area contributed by atoms with E-state index in [-0.39, 0.29) is 10.5 Å². The molecule has 0 fully saturated rings. The third-order valence-corrected chi connectivity index (χ3v) is 6.80. The van der Waals surface area contributed by atoms with E-state index in [4.69, 9.17) is 5.73 Å². The van der Waals surface area contributed by atoms with Crippen LogP contribution in [0.25, 0.3) is 28.0 Å². The minimum absolute atomic E-state index is 0.0766. The van der Waals surface area contributed by atoms with E-state index in [1.807, 2.05) is 0 Å². The van der Waals surface area contributed by atoms with Gasteiger partial charge in [-0.3, -0.25) is 0 Å². The van der Waals surface area contributed by atoms with Crippen molar-refractivity contribution >= 4 is 15.7 Å². The van der Waals surface area contributed by atoms with E-state index in [9.17, 15) is 13.5 Å². The lowest BCUT2D eigenvalue weighted by molar-refractivity contribution is 0.186. The molecule has 0 aliphatic rings. The van der Waals surface area contributed by atoms with E-state index < -0.39 is 27.6 Å². The summed E-state index contributed by atoms with van der Waals surface area (Å²) in [4.78, 5) is 4.51. The summed E-state index contributed by atoms with van der Waals surface area (Å²) in [6, 6.07) is 14.4. The van der Waals surface area contributed by atoms with Gasteiger partial charge in [0.05, 0.1) is 10.6 Å². The fourth-order valence-corrected chi connectivity index (χ4v) is 5.25. The van der Waals surface area contributed by atoms with Gasteiger partial charge in [-0.2, -0.15) is 0 Å². The predicted octanol–water partition coefficient (Wildman–Crippen LogP) is 3.83. The van der Waals surface area contributed by atoms with Gasteiger partial charge in [0.1, 0.15) is 17.7 Å². The Morgan fingerprint density at radius 2 is 1.79 bits per heavy atom. The van der Waals surface area contributed by atoms with Crippen molar-refractivity contribution in [1.82, 2.24) is 14.1 Å². The molecular formula is C24H25FN4O3S. The summed E-state index contributed by atoms with van der Waals surface area (Å²) in [5, 5.41) is 9.57. The molecule has 2 heterocycles. The third-order valence-electron chi connectivity index (χ3n) is 4.99. The van der Waals surface area contributed by atoms with E-state index in [1.54, 1.807) is 80.0 Å². The predicted molar refractivity (Wildman–Crippen MR) is 125 cm³/mol. The number of nitrogens with one attached hydrogen (secondary N) is 1. The normalized spacial score (nSPS) is 13.4. The van der Waals surface area contributed by atoms with Gasteiger partial charge in [0.15, 0.2) is 0 Å². The lowest BCUT2D eigenvalue weighted by atomic mass is 10.0. The van der Waals surface area contributed by atoms with Gasteiger partial charge in [0.2, 0.25) is 10.0 Å². The number of aromatic nitrogens is 2. The second-order valence-corrected chi connectivity index (χ2v) is 10.5. The lowest BCUT2D eigenvalue weighted by Gasteiger charge is -2.21. The zero-order valence-corrected chi connectivity index (χ0v) is 19.3. The number of pyridine rings is 1. The van der Waals surface area contributed by atoms with Crippen molar-refractivity contribution in [2.45, 2.75) is 37.4 Å². The number of nitrogens with zero attached hydrogens (tertiary/aromatic N) is 2. The molecule has 4 rings (SSSR count). The summed E-state index contributed by atoms with van der Waals surface area (Å²) in [5.41, 5.74) is 7.43. The first-order chi connectivity index (χ1) is 15.4. The molecule has 0 saturated carbocycles. The Labute approximate surface area is 191 Å². The summed E-state index contributed by atoms with van der Waals surface area (Å²) in [7, 11) is -3.82. The first-order valence-corrected chi connectivity index (χ1v) is 11.8. The smallest absolute Gasteiger partial charge is 0.241 e. The monoisotopic (exact) mass is 468 g/mol. The standard InChI is InChI=1S/C24H25FN4O3S/c1-24(2,3)28-33(31,32)21-7-5-4-6-17(21)15-8-10-18(19(25)12-15)20-14-29-13-16(23(26)30)9-11-22(29)27-20/h4-14,23,28,30H,26H2,1-3H3. The van der Waals surface area contributed by atoms with Crippen molar-refractivity contribution in [1.29, 1.82) is 0 Å². The Morgan fingerprint density at radius 1 is 1.06 bits per heavy atom. The lowest BCUT2D eigenvalue weighted by Crippen LogP contribution is -2.40. The number of hydrogen-bond acceptors (Lipinski definition) is 5. The van der Waals surface area contributed by atoms with Crippen LogP contribution in [0.1, 0.15) is 32.6 Å². The van der Waals surface area contributed by atoms with Crippen LogP contribution in [-0.4, -0.2) is 28.4 Å². The summed E-state index contributed by atoms with van der Waals surface area (Å²) in [5.74, 6) is -0.536. The number of fused-ring (bicyclic) bond motifs is 1. The molecule has 0 aliphatic heterocycles. The molecule has 0 aliphatic carbocycles. The van der Waals surface area contributed by atoms with Gasteiger partial charge in [0.25, 0.3) is 0 Å². The van der Waals surface area contributed by atoms with Gasteiger partial charge >= 0.3 is 0 Å². The molecule has 0 amide bonds. The Kier molecular flexibility index (Phi) is 5.83. The largest absolute Gasteiger partial charge is 0.374 e. The Morgan fingerprint density at radius 3 is 2.45 bits per heavy atom. The van der Waals surface area contributed by atoms with Crippen LogP contribution in [0, 0.1) is 5.82 Å². The number of sulfonamides is 1. The molecule has 172 valence electrons. The third kappa shape index (κ3) is 4.81. The molecule has 0 bridgehead atoms. The molecule has 1 atom stereocenters. The highest BCUT2D eigenvalue weighted by molar-refractivity contribution is 7.89. The van der Waals surface area contributed by atoms with Crippen LogP contribution in [0.5, 0.6) is 0 Å². The van der Waals surface area contributed by atoms with Gasteiger partial charge in [-0.05, 0) is 56.7 Å². The fraction of sp³-hybridized carbons (Fsp3) is 0.208. The number of nitrogens with two attached hydrogens (primary N) is 1. The maximum absolute atomic E-state index is 15.2. The average Bonchev–Trinajstić information content (AvgIpc) is 3.15. The fourth-order valence-electron chi connectivity index (χ4n) is 3.60. The van der Waals surface area contributed by atoms with Crippen LogP contribution < -0.4 is 10.5 Å².